The zero-order valence-corrected chi connectivity index (χ0v) is 26.1. The van der Waals surface area contributed by atoms with Gasteiger partial charge in [0.05, 0.1) is 11.0 Å². The highest BCUT2D eigenvalue weighted by molar-refractivity contribution is 6.04. The lowest BCUT2D eigenvalue weighted by atomic mass is 9.34. The number of ketones is 2. The molecule has 2 N–H and O–H groups in total. The van der Waals surface area contributed by atoms with Crippen LogP contribution in [0.2, 0.25) is 0 Å². The Morgan fingerprint density at radius 1 is 1.05 bits per heavy atom. The molecule has 0 heterocycles. The summed E-state index contributed by atoms with van der Waals surface area (Å²) in [6, 6.07) is 2.10. The van der Waals surface area contributed by atoms with Gasteiger partial charge in [-0.3, -0.25) is 9.59 Å². The third kappa shape index (κ3) is 4.19. The molecule has 3 saturated carbocycles. The van der Waals surface area contributed by atoms with Gasteiger partial charge < -0.3 is 10.6 Å². The van der Waals surface area contributed by atoms with Crippen LogP contribution >= 0.6 is 0 Å². The van der Waals surface area contributed by atoms with Crippen LogP contribution in [-0.4, -0.2) is 29.5 Å². The molecule has 10 heteroatoms. The van der Waals surface area contributed by atoms with Crippen molar-refractivity contribution in [3.63, 3.8) is 0 Å². The molecule has 5 rings (SSSR count). The van der Waals surface area contributed by atoms with Crippen LogP contribution in [0.5, 0.6) is 0 Å². The number of amidine groups is 1. The molecule has 5 aliphatic rings. The molecule has 0 aliphatic heterocycles. The van der Waals surface area contributed by atoms with Crippen molar-refractivity contribution in [2.45, 2.75) is 99.6 Å². The number of alkyl halides is 3. The van der Waals surface area contributed by atoms with Gasteiger partial charge in [0.1, 0.15) is 6.07 Å². The number of nitriles is 1. The van der Waals surface area contributed by atoms with Gasteiger partial charge >= 0.3 is 12.1 Å². The molecule has 5 aliphatic carbocycles. The minimum Gasteiger partial charge on any atom is -0.377 e. The molecule has 0 aromatic carbocycles. The second-order valence-corrected chi connectivity index (χ2v) is 15.8. The maximum atomic E-state index is 14.5. The third-order valence-corrected chi connectivity index (χ3v) is 12.8. The van der Waals surface area contributed by atoms with Gasteiger partial charge in [-0.25, -0.2) is 4.79 Å². The van der Waals surface area contributed by atoms with E-state index in [1.54, 1.807) is 12.2 Å². The number of allylic oxidation sites excluding steroid dienone is 4. The van der Waals surface area contributed by atoms with E-state index in [0.717, 1.165) is 18.4 Å². The first-order valence-corrected chi connectivity index (χ1v) is 15.2. The van der Waals surface area contributed by atoms with E-state index in [4.69, 9.17) is 10.6 Å². The van der Waals surface area contributed by atoms with Crippen molar-refractivity contribution in [2.75, 3.05) is 0 Å². The van der Waals surface area contributed by atoms with Crippen LogP contribution < -0.4 is 5.73 Å². The Hall–Kier alpha value is -2.96. The molecular weight excluding hydrogens is 559 g/mol. The van der Waals surface area contributed by atoms with Crippen molar-refractivity contribution in [1.82, 2.24) is 0 Å². The molecule has 0 radical (unpaired) electrons. The molecule has 0 spiro atoms. The van der Waals surface area contributed by atoms with Crippen molar-refractivity contribution in [3.8, 4) is 6.07 Å². The summed E-state index contributed by atoms with van der Waals surface area (Å²) in [5.41, 5.74) is 2.17. The van der Waals surface area contributed by atoms with Gasteiger partial charge in [-0.1, -0.05) is 65.3 Å². The van der Waals surface area contributed by atoms with Gasteiger partial charge in [-0.05, 0) is 79.1 Å². The lowest BCUT2D eigenvalue weighted by molar-refractivity contribution is -0.193. The highest BCUT2D eigenvalue weighted by Crippen LogP contribution is 2.74. The molecule has 0 unspecified atom stereocenters. The van der Waals surface area contributed by atoms with E-state index in [9.17, 15) is 32.8 Å². The zero-order valence-electron chi connectivity index (χ0n) is 26.1. The molecule has 7 atom stereocenters. The monoisotopic (exact) mass is 601 g/mol. The number of fused-ring (bicyclic) bond motifs is 7. The maximum absolute atomic E-state index is 14.5. The molecule has 3 fully saturated rings. The standard InChI is InChI=1S/C33H42F3N3O4/c1-27(2)10-12-32(26(42)43-39-25(38)33(34,35)36)13-11-31(7)23(19(32)16-27)20(40)14-22-29(5)15-18(17-37)24(41)28(3,4)21(29)8-9-30(22,31)6/h14-15,19,21,23H,8-13,16H2,1-7H3,(H2,38,39)/t19-,21-,23-,29-,30+,31+,32-/m0/s1. The van der Waals surface area contributed by atoms with Crippen LogP contribution in [0.4, 0.5) is 13.2 Å². The van der Waals surface area contributed by atoms with Crippen molar-refractivity contribution in [2.24, 2.45) is 61.1 Å². The van der Waals surface area contributed by atoms with Gasteiger partial charge in [0.15, 0.2) is 11.6 Å². The summed E-state index contributed by atoms with van der Waals surface area (Å²) in [5, 5.41) is 12.8. The highest BCUT2D eigenvalue weighted by atomic mass is 19.4. The summed E-state index contributed by atoms with van der Waals surface area (Å²) in [5.74, 6) is -4.01. The fraction of sp³-hybridized carbons (Fsp3) is 0.727. The Kier molecular flexibility index (Phi) is 6.79. The quantitative estimate of drug-likeness (QED) is 0.165. The first-order chi connectivity index (χ1) is 19.6. The Balaban J connectivity index is 1.64. The van der Waals surface area contributed by atoms with E-state index >= 15 is 0 Å². The average molecular weight is 602 g/mol. The Morgan fingerprint density at radius 2 is 1.67 bits per heavy atom. The van der Waals surface area contributed by atoms with Crippen LogP contribution in [0.15, 0.2) is 28.5 Å². The highest BCUT2D eigenvalue weighted by Gasteiger charge is 2.71. The fourth-order valence-electron chi connectivity index (χ4n) is 10.2. The minimum atomic E-state index is -4.93. The summed E-state index contributed by atoms with van der Waals surface area (Å²) >= 11 is 0. The number of carbonyl (C=O) groups excluding carboxylic acids is 3. The molecule has 0 aromatic heterocycles. The predicted octanol–water partition coefficient (Wildman–Crippen LogP) is 6.58. The van der Waals surface area contributed by atoms with Gasteiger partial charge in [0.25, 0.3) is 0 Å². The van der Waals surface area contributed by atoms with E-state index in [0.29, 0.717) is 32.1 Å². The van der Waals surface area contributed by atoms with Gasteiger partial charge in [-0.15, -0.1) is 0 Å². The first-order valence-electron chi connectivity index (χ1n) is 15.2. The molecule has 234 valence electrons. The fourth-order valence-corrected chi connectivity index (χ4v) is 10.2. The number of Topliss-reactive ketones (excluding diaryl/α,β-unsaturated/α-hetero) is 1. The third-order valence-electron chi connectivity index (χ3n) is 12.8. The second kappa shape index (κ2) is 9.28. The normalized spacial score (nSPS) is 41.8. The van der Waals surface area contributed by atoms with Gasteiger partial charge in [0, 0.05) is 16.7 Å². The van der Waals surface area contributed by atoms with E-state index in [2.05, 4.69) is 38.9 Å². The van der Waals surface area contributed by atoms with Crippen molar-refractivity contribution in [3.05, 3.63) is 23.3 Å². The topological polar surface area (TPSA) is 123 Å². The number of rotatable bonds is 2. The number of oxime groups is 1. The molecule has 0 bridgehead atoms. The number of nitrogens with two attached hydrogens (primary N) is 1. The number of hydrogen-bond donors (Lipinski definition) is 1. The maximum Gasteiger partial charge on any atom is 0.452 e. The van der Waals surface area contributed by atoms with Crippen LogP contribution in [0.1, 0.15) is 93.4 Å². The predicted molar refractivity (Wildman–Crippen MR) is 153 cm³/mol. The summed E-state index contributed by atoms with van der Waals surface area (Å²) in [6.45, 7) is 14.3. The SMILES string of the molecule is CC1(C)CC[C@]2(C(=O)O/N=C(\N)C(F)(F)F)CC[C@]3(C)[C@H](C(=O)C=C4[C@@]5(C)C=C(C#N)C(=O)C(C)(C)[C@@H]5CC[C@]43C)[C@@H]2C1. The summed E-state index contributed by atoms with van der Waals surface area (Å²) in [7, 11) is 0. The van der Waals surface area contributed by atoms with E-state index in [-0.39, 0.29) is 28.5 Å². The zero-order chi connectivity index (χ0) is 32.2. The number of carbonyl (C=O) groups is 3. The largest absolute Gasteiger partial charge is 0.452 e. The average Bonchev–Trinajstić information content (AvgIpc) is 2.89. The lowest BCUT2D eigenvalue weighted by Gasteiger charge is -2.68. The molecule has 0 amide bonds. The number of halogens is 3. The van der Waals surface area contributed by atoms with Crippen LogP contribution in [0.3, 0.4) is 0 Å². The summed E-state index contributed by atoms with van der Waals surface area (Å²) in [4.78, 5) is 46.3. The van der Waals surface area contributed by atoms with Crippen molar-refractivity contribution in [1.29, 1.82) is 5.26 Å². The Labute approximate surface area is 251 Å². The summed E-state index contributed by atoms with van der Waals surface area (Å²) in [6.07, 6.45) is 2.42. The summed E-state index contributed by atoms with van der Waals surface area (Å²) < 4.78 is 39.1. The first kappa shape index (κ1) is 31.5. The molecule has 0 saturated heterocycles. The van der Waals surface area contributed by atoms with Gasteiger partial charge in [0.2, 0.25) is 5.84 Å². The van der Waals surface area contributed by atoms with Gasteiger partial charge in [-0.2, -0.15) is 18.4 Å². The van der Waals surface area contributed by atoms with E-state index in [1.807, 2.05) is 20.8 Å². The molecule has 43 heavy (non-hydrogen) atoms. The van der Waals surface area contributed by atoms with Crippen LogP contribution in [0, 0.1) is 61.6 Å². The van der Waals surface area contributed by atoms with Crippen LogP contribution in [-0.2, 0) is 19.2 Å². The van der Waals surface area contributed by atoms with Crippen molar-refractivity contribution < 1.29 is 32.4 Å². The van der Waals surface area contributed by atoms with E-state index in [1.165, 1.54) is 0 Å². The smallest absolute Gasteiger partial charge is 0.377 e. The number of hydrogen-bond acceptors (Lipinski definition) is 6. The lowest BCUT2D eigenvalue weighted by Crippen LogP contribution is -2.65. The molecule has 0 aromatic rings. The van der Waals surface area contributed by atoms with E-state index < -0.39 is 56.9 Å². The molecule has 7 nitrogen and oxygen atoms in total. The van der Waals surface area contributed by atoms with Crippen LogP contribution in [0.25, 0.3) is 0 Å². The molecular formula is C33H42F3N3O4. The second-order valence-electron chi connectivity index (χ2n) is 15.8. The van der Waals surface area contributed by atoms with Crippen molar-refractivity contribution >= 4 is 23.4 Å². The Morgan fingerprint density at radius 3 is 2.28 bits per heavy atom. The Bertz CT molecular complexity index is 1440. The number of nitrogens with zero attached hydrogens (tertiary/aromatic N) is 2. The minimum absolute atomic E-state index is 0.0971.